The molecule has 1 amide bonds. The van der Waals surface area contributed by atoms with Crippen LogP contribution in [0, 0.1) is 0 Å². The predicted molar refractivity (Wildman–Crippen MR) is 103 cm³/mol. The minimum absolute atomic E-state index is 0.138. The molecule has 0 bridgehead atoms. The topological polar surface area (TPSA) is 50.4 Å². The van der Waals surface area contributed by atoms with Crippen LogP contribution in [-0.4, -0.2) is 11.9 Å². The molecule has 132 valence electrons. The van der Waals surface area contributed by atoms with Crippen molar-refractivity contribution in [3.05, 3.63) is 93.7 Å². The summed E-state index contributed by atoms with van der Waals surface area (Å²) >= 11 is 1.70. The summed E-state index contributed by atoms with van der Waals surface area (Å²) < 4.78 is 0. The van der Waals surface area contributed by atoms with Crippen LogP contribution in [-0.2, 0) is 22.6 Å². The molecule has 0 fully saturated rings. The van der Waals surface area contributed by atoms with Gasteiger partial charge in [0.05, 0.1) is 6.04 Å². The van der Waals surface area contributed by atoms with E-state index in [0.717, 1.165) is 17.7 Å². The third kappa shape index (κ3) is 3.70. The predicted octanol–water partition coefficient (Wildman–Crippen LogP) is 3.60. The quantitative estimate of drug-likeness (QED) is 0.680. The van der Waals surface area contributed by atoms with Crippen LogP contribution in [0.15, 0.2) is 72.1 Å². The van der Waals surface area contributed by atoms with Gasteiger partial charge in [-0.15, -0.1) is 11.3 Å². The average Bonchev–Trinajstić information content (AvgIpc) is 3.17. The van der Waals surface area contributed by atoms with E-state index in [1.165, 1.54) is 10.4 Å². The number of hydrogen-bond acceptors (Lipinski definition) is 4. The van der Waals surface area contributed by atoms with Crippen molar-refractivity contribution < 1.29 is 9.63 Å². The van der Waals surface area contributed by atoms with Crippen molar-refractivity contribution in [3.8, 4) is 0 Å². The normalized spacial score (nSPS) is 16.3. The summed E-state index contributed by atoms with van der Waals surface area (Å²) in [5.74, 6) is -0.138. The maximum atomic E-state index is 12.6. The van der Waals surface area contributed by atoms with Crippen molar-refractivity contribution in [2.75, 3.05) is 0 Å². The third-order valence-electron chi connectivity index (χ3n) is 4.56. The first-order chi connectivity index (χ1) is 12.8. The lowest BCUT2D eigenvalue weighted by Crippen LogP contribution is -2.47. The van der Waals surface area contributed by atoms with Gasteiger partial charge in [-0.25, -0.2) is 5.48 Å². The molecule has 5 heteroatoms. The monoisotopic (exact) mass is 364 g/mol. The van der Waals surface area contributed by atoms with E-state index in [4.69, 9.17) is 4.84 Å². The Labute approximate surface area is 156 Å². The van der Waals surface area contributed by atoms with Crippen LogP contribution in [0.3, 0.4) is 0 Å². The van der Waals surface area contributed by atoms with E-state index >= 15 is 0 Å². The molecule has 2 N–H and O–H groups in total. The van der Waals surface area contributed by atoms with Gasteiger partial charge in [-0.3, -0.25) is 9.63 Å². The van der Waals surface area contributed by atoms with Crippen LogP contribution in [0.2, 0.25) is 0 Å². The van der Waals surface area contributed by atoms with Crippen LogP contribution < -0.4 is 10.8 Å². The fourth-order valence-corrected chi connectivity index (χ4v) is 4.10. The van der Waals surface area contributed by atoms with E-state index in [1.54, 1.807) is 11.3 Å². The van der Waals surface area contributed by atoms with Crippen LogP contribution in [0.5, 0.6) is 0 Å². The molecular weight excluding hydrogens is 344 g/mol. The standard InChI is InChI=1S/C21H20N2O2S/c24-21(18-13-19-17(14-22-18)11-12-26-19)23-25-20(15-7-3-1-4-8-15)16-9-5-2-6-10-16/h1-12,18,20,22H,13-14H2,(H,23,24). The smallest absolute Gasteiger partial charge is 0.261 e. The molecule has 0 radical (unpaired) electrons. The second-order valence-electron chi connectivity index (χ2n) is 6.29. The lowest BCUT2D eigenvalue weighted by atomic mass is 10.0. The van der Waals surface area contributed by atoms with Crippen molar-refractivity contribution in [3.63, 3.8) is 0 Å². The maximum Gasteiger partial charge on any atom is 0.261 e. The van der Waals surface area contributed by atoms with E-state index in [2.05, 4.69) is 22.2 Å². The molecule has 4 rings (SSSR count). The molecule has 2 aromatic carbocycles. The summed E-state index contributed by atoms with van der Waals surface area (Å²) in [7, 11) is 0. The third-order valence-corrected chi connectivity index (χ3v) is 5.55. The Balaban J connectivity index is 1.46. The van der Waals surface area contributed by atoms with Crippen molar-refractivity contribution in [2.24, 2.45) is 0 Å². The lowest BCUT2D eigenvalue weighted by molar-refractivity contribution is -0.139. The molecule has 1 aromatic heterocycles. The van der Waals surface area contributed by atoms with E-state index in [1.807, 2.05) is 60.7 Å². The van der Waals surface area contributed by atoms with Crippen molar-refractivity contribution in [1.82, 2.24) is 10.8 Å². The Morgan fingerprint density at radius 2 is 1.69 bits per heavy atom. The molecule has 0 spiro atoms. The zero-order valence-corrected chi connectivity index (χ0v) is 15.0. The van der Waals surface area contributed by atoms with E-state index in [0.29, 0.717) is 6.42 Å². The van der Waals surface area contributed by atoms with Gasteiger partial charge < -0.3 is 5.32 Å². The van der Waals surface area contributed by atoms with Gasteiger partial charge >= 0.3 is 0 Å². The summed E-state index contributed by atoms with van der Waals surface area (Å²) in [6.45, 7) is 0.720. The number of thiophene rings is 1. The summed E-state index contributed by atoms with van der Waals surface area (Å²) in [6.07, 6.45) is 0.353. The SMILES string of the molecule is O=C(NOC(c1ccccc1)c1ccccc1)C1Cc2sccc2CN1. The summed E-state index contributed by atoms with van der Waals surface area (Å²) in [4.78, 5) is 19.7. The summed E-state index contributed by atoms with van der Waals surface area (Å²) in [5.41, 5.74) is 5.95. The molecule has 2 heterocycles. The molecular formula is C21H20N2O2S. The lowest BCUT2D eigenvalue weighted by Gasteiger charge is -2.24. The van der Waals surface area contributed by atoms with Crippen LogP contribution in [0.4, 0.5) is 0 Å². The minimum Gasteiger partial charge on any atom is -0.301 e. The highest BCUT2D eigenvalue weighted by molar-refractivity contribution is 7.10. The number of hydrogen-bond donors (Lipinski definition) is 2. The van der Waals surface area contributed by atoms with E-state index in [9.17, 15) is 4.79 Å². The number of amides is 1. The molecule has 1 aliphatic heterocycles. The molecule has 3 aromatic rings. The molecule has 26 heavy (non-hydrogen) atoms. The highest BCUT2D eigenvalue weighted by atomic mass is 32.1. The fraction of sp³-hybridized carbons (Fsp3) is 0.190. The van der Waals surface area contributed by atoms with E-state index in [-0.39, 0.29) is 18.1 Å². The Hall–Kier alpha value is -2.47. The van der Waals surface area contributed by atoms with Gasteiger partial charge in [-0.1, -0.05) is 60.7 Å². The van der Waals surface area contributed by atoms with Crippen LogP contribution in [0.1, 0.15) is 27.7 Å². The van der Waals surface area contributed by atoms with Gasteiger partial charge in [0, 0.05) is 17.8 Å². The van der Waals surface area contributed by atoms with Gasteiger partial charge in [0.1, 0.15) is 6.10 Å². The first-order valence-corrected chi connectivity index (χ1v) is 9.53. The highest BCUT2D eigenvalue weighted by Crippen LogP contribution is 2.25. The zero-order chi connectivity index (χ0) is 17.8. The fourth-order valence-electron chi connectivity index (χ4n) is 3.15. The number of nitrogens with one attached hydrogen (secondary N) is 2. The van der Waals surface area contributed by atoms with Crippen molar-refractivity contribution >= 4 is 17.2 Å². The minimum atomic E-state index is -0.345. The van der Waals surface area contributed by atoms with E-state index < -0.39 is 0 Å². The zero-order valence-electron chi connectivity index (χ0n) is 14.2. The van der Waals surface area contributed by atoms with Gasteiger partial charge in [0.2, 0.25) is 0 Å². The molecule has 4 nitrogen and oxygen atoms in total. The average molecular weight is 364 g/mol. The Kier molecular flexibility index (Phi) is 5.11. The Bertz CT molecular complexity index is 824. The number of carbonyl (C=O) groups excluding carboxylic acids is 1. The van der Waals surface area contributed by atoms with Gasteiger partial charge in [0.15, 0.2) is 0 Å². The summed E-state index contributed by atoms with van der Waals surface area (Å²) in [5, 5.41) is 5.35. The number of fused-ring (bicyclic) bond motifs is 1. The first kappa shape index (κ1) is 17.0. The second-order valence-corrected chi connectivity index (χ2v) is 7.29. The van der Waals surface area contributed by atoms with Crippen LogP contribution >= 0.6 is 11.3 Å². The van der Waals surface area contributed by atoms with Gasteiger partial charge in [-0.05, 0) is 28.1 Å². The first-order valence-electron chi connectivity index (χ1n) is 8.65. The van der Waals surface area contributed by atoms with Crippen LogP contribution in [0.25, 0.3) is 0 Å². The largest absolute Gasteiger partial charge is 0.301 e. The van der Waals surface area contributed by atoms with Gasteiger partial charge in [-0.2, -0.15) is 0 Å². The van der Waals surface area contributed by atoms with Crippen molar-refractivity contribution in [1.29, 1.82) is 0 Å². The summed E-state index contributed by atoms with van der Waals surface area (Å²) in [6, 6.07) is 21.7. The second kappa shape index (κ2) is 7.83. The molecule has 0 saturated heterocycles. The molecule has 0 saturated carbocycles. The molecule has 1 atom stereocenters. The number of rotatable bonds is 5. The van der Waals surface area contributed by atoms with Crippen molar-refractivity contribution in [2.45, 2.75) is 25.1 Å². The molecule has 1 unspecified atom stereocenters. The number of carbonyl (C=O) groups is 1. The highest BCUT2D eigenvalue weighted by Gasteiger charge is 2.26. The molecule has 0 aliphatic carbocycles. The maximum absolute atomic E-state index is 12.6. The Morgan fingerprint density at radius 3 is 2.35 bits per heavy atom. The number of hydroxylamine groups is 1. The number of benzene rings is 2. The Morgan fingerprint density at radius 1 is 1.04 bits per heavy atom. The molecule has 1 aliphatic rings. The van der Waals surface area contributed by atoms with Gasteiger partial charge in [0.25, 0.3) is 5.91 Å².